The fraction of sp³-hybridized carbons (Fsp3) is 0.409. The Morgan fingerprint density at radius 3 is 2.67 bits per heavy atom. The van der Waals surface area contributed by atoms with E-state index in [1.165, 1.54) is 11.3 Å². The van der Waals surface area contributed by atoms with E-state index in [9.17, 15) is 9.90 Å². The molecule has 0 aliphatic carbocycles. The molecule has 1 fully saturated rings. The largest absolute Gasteiger partial charge is 0.478 e. The standard InChI is InChI=1S/C22H26N2O3/c1-22(18-4-3-5-19(15-18)24-10-12-27-13-11-24)9-8-16-14-17(21(25)26)6-7-20(16)23(22)2/h3-7,14-15H,8-13H2,1-2H3,(H,25,26). The first-order valence-corrected chi connectivity index (χ1v) is 9.52. The van der Waals surface area contributed by atoms with E-state index < -0.39 is 5.97 Å². The molecule has 0 spiro atoms. The van der Waals surface area contributed by atoms with Gasteiger partial charge in [-0.2, -0.15) is 0 Å². The molecule has 0 aromatic heterocycles. The van der Waals surface area contributed by atoms with Crippen LogP contribution in [0.1, 0.15) is 34.8 Å². The fourth-order valence-corrected chi connectivity index (χ4v) is 4.25. The van der Waals surface area contributed by atoms with E-state index in [0.717, 1.165) is 50.4 Å². The van der Waals surface area contributed by atoms with E-state index in [0.29, 0.717) is 5.56 Å². The van der Waals surface area contributed by atoms with Crippen LogP contribution in [-0.2, 0) is 16.7 Å². The van der Waals surface area contributed by atoms with Gasteiger partial charge in [0.25, 0.3) is 0 Å². The molecule has 1 unspecified atom stereocenters. The summed E-state index contributed by atoms with van der Waals surface area (Å²) in [5, 5.41) is 9.26. The number of benzene rings is 2. The number of carboxylic acids is 1. The minimum Gasteiger partial charge on any atom is -0.478 e. The molecular formula is C22H26N2O3. The summed E-state index contributed by atoms with van der Waals surface area (Å²) < 4.78 is 5.48. The van der Waals surface area contributed by atoms with Gasteiger partial charge in [-0.25, -0.2) is 4.79 Å². The minimum absolute atomic E-state index is 0.125. The average molecular weight is 366 g/mol. The highest BCUT2D eigenvalue weighted by atomic mass is 16.5. The quantitative estimate of drug-likeness (QED) is 0.901. The average Bonchev–Trinajstić information content (AvgIpc) is 2.71. The first kappa shape index (κ1) is 17.9. The van der Waals surface area contributed by atoms with Crippen molar-refractivity contribution in [1.82, 2.24) is 0 Å². The van der Waals surface area contributed by atoms with Crippen LogP contribution in [0.2, 0.25) is 0 Å². The highest BCUT2D eigenvalue weighted by Crippen LogP contribution is 2.43. The summed E-state index contributed by atoms with van der Waals surface area (Å²) in [5.41, 5.74) is 5.00. The Morgan fingerprint density at radius 1 is 1.15 bits per heavy atom. The maximum Gasteiger partial charge on any atom is 0.335 e. The van der Waals surface area contributed by atoms with Gasteiger partial charge in [-0.05, 0) is 61.2 Å². The van der Waals surface area contributed by atoms with E-state index >= 15 is 0 Å². The van der Waals surface area contributed by atoms with Crippen molar-refractivity contribution in [3.05, 3.63) is 59.2 Å². The van der Waals surface area contributed by atoms with Crippen LogP contribution in [0.25, 0.3) is 0 Å². The van der Waals surface area contributed by atoms with Gasteiger partial charge in [0.05, 0.1) is 24.3 Å². The number of hydrogen-bond acceptors (Lipinski definition) is 4. The van der Waals surface area contributed by atoms with E-state index in [1.807, 2.05) is 12.1 Å². The lowest BCUT2D eigenvalue weighted by Crippen LogP contribution is -2.45. The number of aromatic carboxylic acids is 1. The third-order valence-electron chi connectivity index (χ3n) is 6.15. The van der Waals surface area contributed by atoms with Crippen LogP contribution in [0.3, 0.4) is 0 Å². The molecule has 2 aromatic carbocycles. The Kier molecular flexibility index (Phi) is 4.56. The van der Waals surface area contributed by atoms with Gasteiger partial charge in [0.15, 0.2) is 0 Å². The molecule has 0 bridgehead atoms. The molecule has 1 N–H and O–H groups in total. The molecule has 27 heavy (non-hydrogen) atoms. The number of hydrogen-bond donors (Lipinski definition) is 1. The van der Waals surface area contributed by atoms with E-state index in [-0.39, 0.29) is 5.54 Å². The molecule has 5 nitrogen and oxygen atoms in total. The smallest absolute Gasteiger partial charge is 0.335 e. The molecule has 4 rings (SSSR count). The van der Waals surface area contributed by atoms with E-state index in [4.69, 9.17) is 4.74 Å². The summed E-state index contributed by atoms with van der Waals surface area (Å²) in [7, 11) is 2.11. The zero-order chi connectivity index (χ0) is 19.0. The van der Waals surface area contributed by atoms with Crippen molar-refractivity contribution < 1.29 is 14.6 Å². The van der Waals surface area contributed by atoms with Gasteiger partial charge in [0.2, 0.25) is 0 Å². The van der Waals surface area contributed by atoms with Crippen molar-refractivity contribution in [3.63, 3.8) is 0 Å². The Hall–Kier alpha value is -2.53. The van der Waals surface area contributed by atoms with Crippen molar-refractivity contribution >= 4 is 17.3 Å². The molecule has 1 atom stereocenters. The fourth-order valence-electron chi connectivity index (χ4n) is 4.25. The van der Waals surface area contributed by atoms with Gasteiger partial charge >= 0.3 is 5.97 Å². The minimum atomic E-state index is -0.869. The number of morpholine rings is 1. The molecule has 0 saturated carbocycles. The molecule has 2 aliphatic rings. The molecular weight excluding hydrogens is 340 g/mol. The second kappa shape index (κ2) is 6.89. The number of fused-ring (bicyclic) bond motifs is 1. The first-order chi connectivity index (χ1) is 13.0. The number of rotatable bonds is 3. The topological polar surface area (TPSA) is 53.0 Å². The van der Waals surface area contributed by atoms with Crippen molar-refractivity contribution in [2.45, 2.75) is 25.3 Å². The van der Waals surface area contributed by atoms with Crippen LogP contribution >= 0.6 is 0 Å². The number of nitrogens with zero attached hydrogens (tertiary/aromatic N) is 2. The summed E-state index contributed by atoms with van der Waals surface area (Å²) in [5.74, 6) is -0.869. The zero-order valence-corrected chi connectivity index (χ0v) is 15.9. The second-order valence-corrected chi connectivity index (χ2v) is 7.63. The third kappa shape index (κ3) is 3.16. The van der Waals surface area contributed by atoms with Crippen molar-refractivity contribution in [2.24, 2.45) is 0 Å². The maximum absolute atomic E-state index is 11.3. The van der Waals surface area contributed by atoms with Gasteiger partial charge in [0.1, 0.15) is 0 Å². The number of anilines is 2. The molecule has 0 radical (unpaired) electrons. The Labute approximate surface area is 160 Å². The van der Waals surface area contributed by atoms with Gasteiger partial charge in [-0.1, -0.05) is 12.1 Å². The normalized spacial score (nSPS) is 22.4. The maximum atomic E-state index is 11.3. The highest BCUT2D eigenvalue weighted by molar-refractivity contribution is 5.88. The molecule has 2 heterocycles. The summed E-state index contributed by atoms with van der Waals surface area (Å²) in [6, 6.07) is 14.3. The van der Waals surface area contributed by atoms with Crippen molar-refractivity contribution in [1.29, 1.82) is 0 Å². The lowest BCUT2D eigenvalue weighted by molar-refractivity contribution is 0.0696. The van der Waals surface area contributed by atoms with E-state index in [2.05, 4.69) is 48.0 Å². The Balaban J connectivity index is 1.66. The van der Waals surface area contributed by atoms with Gasteiger partial charge in [0, 0.05) is 31.5 Å². The number of carbonyl (C=O) groups is 1. The summed E-state index contributed by atoms with van der Waals surface area (Å²) in [4.78, 5) is 16.0. The predicted molar refractivity (Wildman–Crippen MR) is 107 cm³/mol. The van der Waals surface area contributed by atoms with Crippen LogP contribution in [0.15, 0.2) is 42.5 Å². The Morgan fingerprint density at radius 2 is 1.93 bits per heavy atom. The molecule has 2 aliphatic heterocycles. The lowest BCUT2D eigenvalue weighted by Gasteiger charge is -2.46. The van der Waals surface area contributed by atoms with Gasteiger partial charge < -0.3 is 19.6 Å². The molecule has 2 aromatic rings. The molecule has 142 valence electrons. The molecule has 0 amide bonds. The SMILES string of the molecule is CN1c2ccc(C(=O)O)cc2CCC1(C)c1cccc(N2CCOCC2)c1. The number of carboxylic acid groups (broad SMARTS) is 1. The van der Waals surface area contributed by atoms with Crippen LogP contribution in [0.4, 0.5) is 11.4 Å². The second-order valence-electron chi connectivity index (χ2n) is 7.63. The highest BCUT2D eigenvalue weighted by Gasteiger charge is 2.36. The lowest BCUT2D eigenvalue weighted by atomic mass is 9.80. The summed E-state index contributed by atoms with van der Waals surface area (Å²) >= 11 is 0. The zero-order valence-electron chi connectivity index (χ0n) is 15.9. The van der Waals surface area contributed by atoms with Crippen LogP contribution in [0.5, 0.6) is 0 Å². The van der Waals surface area contributed by atoms with Crippen LogP contribution < -0.4 is 9.80 Å². The van der Waals surface area contributed by atoms with E-state index in [1.54, 1.807) is 6.07 Å². The molecule has 1 saturated heterocycles. The van der Waals surface area contributed by atoms with Crippen molar-refractivity contribution in [3.8, 4) is 0 Å². The molecule has 5 heteroatoms. The number of ether oxygens (including phenoxy) is 1. The Bertz CT molecular complexity index is 860. The third-order valence-corrected chi connectivity index (χ3v) is 6.15. The monoisotopic (exact) mass is 366 g/mol. The summed E-state index contributed by atoms with van der Waals surface area (Å²) in [6.07, 6.45) is 1.82. The first-order valence-electron chi connectivity index (χ1n) is 9.52. The van der Waals surface area contributed by atoms with Gasteiger partial charge in [-0.3, -0.25) is 0 Å². The predicted octanol–water partition coefficient (Wildman–Crippen LogP) is 3.52. The van der Waals surface area contributed by atoms with Crippen LogP contribution in [0, 0.1) is 0 Å². The van der Waals surface area contributed by atoms with Crippen molar-refractivity contribution in [2.75, 3.05) is 43.2 Å². The summed E-state index contributed by atoms with van der Waals surface area (Å²) in [6.45, 7) is 5.69. The number of aryl methyl sites for hydroxylation is 1. The van der Waals surface area contributed by atoms with Gasteiger partial charge in [-0.15, -0.1) is 0 Å². The van der Waals surface area contributed by atoms with Crippen LogP contribution in [-0.4, -0.2) is 44.4 Å².